The van der Waals surface area contributed by atoms with Crippen LogP contribution in [-0.4, -0.2) is 30.3 Å². The minimum absolute atomic E-state index is 0.375. The molecule has 1 aliphatic rings. The van der Waals surface area contributed by atoms with Gasteiger partial charge in [0.25, 0.3) is 0 Å². The van der Waals surface area contributed by atoms with Gasteiger partial charge >= 0.3 is 0 Å². The summed E-state index contributed by atoms with van der Waals surface area (Å²) >= 11 is 4.34. The zero-order chi connectivity index (χ0) is 8.48. The van der Waals surface area contributed by atoms with Crippen LogP contribution in [0.3, 0.4) is 0 Å². The zero-order valence-electron chi connectivity index (χ0n) is 7.80. The molecule has 0 spiro atoms. The molecule has 1 saturated carbocycles. The number of thiol groups is 1. The van der Waals surface area contributed by atoms with Crippen molar-refractivity contribution in [1.29, 1.82) is 0 Å². The maximum absolute atomic E-state index is 4.34. The molecule has 0 atom stereocenters. The first kappa shape index (κ1) is 9.40. The van der Waals surface area contributed by atoms with Crippen molar-refractivity contribution in [1.82, 2.24) is 4.90 Å². The maximum atomic E-state index is 4.34. The van der Waals surface area contributed by atoms with Crippen molar-refractivity contribution in [2.75, 3.05) is 19.3 Å². The van der Waals surface area contributed by atoms with Crippen molar-refractivity contribution < 1.29 is 0 Å². The van der Waals surface area contributed by atoms with Gasteiger partial charge in [-0.3, -0.25) is 0 Å². The molecule has 1 fully saturated rings. The lowest BCUT2D eigenvalue weighted by atomic mass is 9.96. The molecule has 66 valence electrons. The molecule has 0 unspecified atom stereocenters. The van der Waals surface area contributed by atoms with Crippen LogP contribution in [0.25, 0.3) is 0 Å². The Morgan fingerprint density at radius 2 is 2.00 bits per heavy atom. The molecule has 0 saturated heterocycles. The third kappa shape index (κ3) is 3.04. The Hall–Kier alpha value is 0.310. The van der Waals surface area contributed by atoms with Gasteiger partial charge in [0.15, 0.2) is 0 Å². The van der Waals surface area contributed by atoms with Gasteiger partial charge in [0.1, 0.15) is 0 Å². The Morgan fingerprint density at radius 3 is 2.36 bits per heavy atom. The van der Waals surface area contributed by atoms with Crippen molar-refractivity contribution >= 4 is 12.6 Å². The molecule has 0 heterocycles. The molecule has 11 heavy (non-hydrogen) atoms. The normalized spacial score (nSPS) is 19.4. The largest absolute Gasteiger partial charge is 0.303 e. The van der Waals surface area contributed by atoms with E-state index in [0.717, 1.165) is 11.8 Å². The fraction of sp³-hybridized carbons (Fsp3) is 1.00. The van der Waals surface area contributed by atoms with E-state index in [1.807, 2.05) is 0 Å². The molecule has 0 aliphatic heterocycles. The summed E-state index contributed by atoms with van der Waals surface area (Å²) in [7, 11) is 2.23. The van der Waals surface area contributed by atoms with Gasteiger partial charge in [-0.1, -0.05) is 13.8 Å². The van der Waals surface area contributed by atoms with Gasteiger partial charge in [0.05, 0.1) is 0 Å². The summed E-state index contributed by atoms with van der Waals surface area (Å²) in [5.74, 6) is 0.976. The van der Waals surface area contributed by atoms with E-state index < -0.39 is 0 Å². The lowest BCUT2D eigenvalue weighted by Crippen LogP contribution is -2.33. The lowest BCUT2D eigenvalue weighted by Gasteiger charge is -2.28. The Labute approximate surface area is 75.6 Å². The van der Waals surface area contributed by atoms with Crippen molar-refractivity contribution in [2.24, 2.45) is 5.41 Å². The van der Waals surface area contributed by atoms with Crippen LogP contribution in [0.15, 0.2) is 0 Å². The molecule has 2 heteroatoms. The lowest BCUT2D eigenvalue weighted by molar-refractivity contribution is 0.224. The molecule has 1 nitrogen and oxygen atoms in total. The number of rotatable bonds is 4. The predicted octanol–water partition coefficient (Wildman–Crippen LogP) is 2.04. The fourth-order valence-corrected chi connectivity index (χ4v) is 1.47. The van der Waals surface area contributed by atoms with E-state index in [4.69, 9.17) is 0 Å². The smallest absolute Gasteiger partial charge is 0.00936 e. The van der Waals surface area contributed by atoms with Gasteiger partial charge in [-0.05, 0) is 31.1 Å². The van der Waals surface area contributed by atoms with Crippen molar-refractivity contribution in [3.63, 3.8) is 0 Å². The van der Waals surface area contributed by atoms with Crippen molar-refractivity contribution in [2.45, 2.75) is 32.7 Å². The molecular weight excluding hydrogens is 154 g/mol. The Morgan fingerprint density at radius 1 is 1.45 bits per heavy atom. The van der Waals surface area contributed by atoms with E-state index in [2.05, 4.69) is 38.4 Å². The minimum Gasteiger partial charge on any atom is -0.303 e. The summed E-state index contributed by atoms with van der Waals surface area (Å²) in [5, 5.41) is 0. The summed E-state index contributed by atoms with van der Waals surface area (Å²) in [5.41, 5.74) is 0.375. The quantitative estimate of drug-likeness (QED) is 0.637. The standard InChI is InChI=1S/C9H19NS/c1-9(2,7-11)6-10(3)8-4-5-8/h8,11H,4-7H2,1-3H3. The van der Waals surface area contributed by atoms with Crippen LogP contribution in [0.2, 0.25) is 0 Å². The highest BCUT2D eigenvalue weighted by molar-refractivity contribution is 7.80. The second kappa shape index (κ2) is 3.36. The summed E-state index contributed by atoms with van der Waals surface area (Å²) < 4.78 is 0. The average molecular weight is 173 g/mol. The Bertz CT molecular complexity index is 130. The maximum Gasteiger partial charge on any atom is 0.00936 e. The number of nitrogens with zero attached hydrogens (tertiary/aromatic N) is 1. The van der Waals surface area contributed by atoms with Gasteiger partial charge in [0.2, 0.25) is 0 Å². The van der Waals surface area contributed by atoms with Crippen molar-refractivity contribution in [3.05, 3.63) is 0 Å². The Kier molecular flexibility index (Phi) is 2.87. The van der Waals surface area contributed by atoms with Crippen LogP contribution in [0, 0.1) is 5.41 Å². The summed E-state index contributed by atoms with van der Waals surface area (Å²) in [4.78, 5) is 2.47. The number of hydrogen-bond donors (Lipinski definition) is 1. The summed E-state index contributed by atoms with van der Waals surface area (Å²) in [6, 6.07) is 0.883. The molecular formula is C9H19NS. The molecule has 0 aromatic heterocycles. The molecule has 0 amide bonds. The third-order valence-electron chi connectivity index (χ3n) is 2.28. The topological polar surface area (TPSA) is 3.24 Å². The van der Waals surface area contributed by atoms with Crippen LogP contribution >= 0.6 is 12.6 Å². The Balaban J connectivity index is 2.27. The molecule has 0 bridgehead atoms. The highest BCUT2D eigenvalue weighted by atomic mass is 32.1. The highest BCUT2D eigenvalue weighted by Crippen LogP contribution is 2.28. The zero-order valence-corrected chi connectivity index (χ0v) is 8.69. The van der Waals surface area contributed by atoms with Gasteiger partial charge in [-0.25, -0.2) is 0 Å². The average Bonchev–Trinajstić information content (AvgIpc) is 2.67. The molecule has 0 aromatic rings. The van der Waals surface area contributed by atoms with Crippen LogP contribution in [-0.2, 0) is 0 Å². The van der Waals surface area contributed by atoms with E-state index in [1.165, 1.54) is 19.4 Å². The predicted molar refractivity (Wildman–Crippen MR) is 53.3 cm³/mol. The molecule has 0 N–H and O–H groups in total. The molecule has 1 rings (SSSR count). The molecule has 0 aromatic carbocycles. The molecule has 0 radical (unpaired) electrons. The van der Waals surface area contributed by atoms with Crippen LogP contribution in [0.1, 0.15) is 26.7 Å². The van der Waals surface area contributed by atoms with E-state index in [9.17, 15) is 0 Å². The minimum atomic E-state index is 0.375. The van der Waals surface area contributed by atoms with Crippen LogP contribution in [0.4, 0.5) is 0 Å². The monoisotopic (exact) mass is 173 g/mol. The van der Waals surface area contributed by atoms with Gasteiger partial charge in [0, 0.05) is 12.6 Å². The van der Waals surface area contributed by atoms with Gasteiger partial charge in [-0.2, -0.15) is 12.6 Å². The first-order chi connectivity index (χ1) is 5.05. The van der Waals surface area contributed by atoms with E-state index >= 15 is 0 Å². The third-order valence-corrected chi connectivity index (χ3v) is 3.13. The number of hydrogen-bond acceptors (Lipinski definition) is 2. The van der Waals surface area contributed by atoms with Crippen LogP contribution in [0.5, 0.6) is 0 Å². The van der Waals surface area contributed by atoms with Gasteiger partial charge in [-0.15, -0.1) is 0 Å². The molecule has 1 aliphatic carbocycles. The summed E-state index contributed by atoms with van der Waals surface area (Å²) in [6.45, 7) is 5.74. The van der Waals surface area contributed by atoms with E-state index in [-0.39, 0.29) is 0 Å². The van der Waals surface area contributed by atoms with E-state index in [0.29, 0.717) is 5.41 Å². The highest BCUT2D eigenvalue weighted by Gasteiger charge is 2.29. The van der Waals surface area contributed by atoms with E-state index in [1.54, 1.807) is 0 Å². The fourth-order valence-electron chi connectivity index (χ4n) is 1.37. The summed E-state index contributed by atoms with van der Waals surface area (Å²) in [6.07, 6.45) is 2.80. The second-order valence-corrected chi connectivity index (χ2v) is 4.78. The second-order valence-electron chi connectivity index (χ2n) is 4.47. The van der Waals surface area contributed by atoms with Crippen LogP contribution < -0.4 is 0 Å². The van der Waals surface area contributed by atoms with Crippen molar-refractivity contribution in [3.8, 4) is 0 Å². The SMILES string of the molecule is CN(CC(C)(C)CS)C1CC1. The first-order valence-corrected chi connectivity index (χ1v) is 4.99. The van der Waals surface area contributed by atoms with Gasteiger partial charge < -0.3 is 4.90 Å². The first-order valence-electron chi connectivity index (χ1n) is 4.36.